The molecule has 2 nitrogen and oxygen atoms in total. The highest BCUT2D eigenvalue weighted by Gasteiger charge is 2.67. The molecule has 2 bridgehead atoms. The first kappa shape index (κ1) is 8.42. The zero-order chi connectivity index (χ0) is 9.27. The zero-order valence-corrected chi connectivity index (χ0v) is 9.12. The average Bonchev–Trinajstić information content (AvgIpc) is 2.55. The third-order valence-corrected chi connectivity index (χ3v) is 6.42. The first-order chi connectivity index (χ1) is 6.06. The Balaban J connectivity index is 2.09. The lowest BCUT2D eigenvalue weighted by Crippen LogP contribution is -2.39. The molecule has 3 rings (SSSR count). The summed E-state index contributed by atoms with van der Waals surface area (Å²) in [5.41, 5.74) is 0.805. The SMILES string of the molecule is CC1(C)[C@@H]2CC[C@]13CS(=O)N[C@@H]3C2. The van der Waals surface area contributed by atoms with Gasteiger partial charge in [0.25, 0.3) is 0 Å². The summed E-state index contributed by atoms with van der Waals surface area (Å²) in [4.78, 5) is 0. The molecular formula is C10H17NOS. The summed E-state index contributed by atoms with van der Waals surface area (Å²) in [5.74, 6) is 1.78. The van der Waals surface area contributed by atoms with Gasteiger partial charge in [-0.15, -0.1) is 0 Å². The summed E-state index contributed by atoms with van der Waals surface area (Å²) in [7, 11) is -0.741. The minimum Gasteiger partial charge on any atom is -0.243 e. The van der Waals surface area contributed by atoms with Crippen molar-refractivity contribution in [2.75, 3.05) is 5.75 Å². The van der Waals surface area contributed by atoms with E-state index in [0.717, 1.165) is 11.7 Å². The van der Waals surface area contributed by atoms with E-state index in [1.807, 2.05) is 0 Å². The molecule has 1 aliphatic heterocycles. The summed E-state index contributed by atoms with van der Waals surface area (Å²) >= 11 is 0. The van der Waals surface area contributed by atoms with Gasteiger partial charge >= 0.3 is 0 Å². The molecule has 3 aliphatic rings. The van der Waals surface area contributed by atoms with Crippen molar-refractivity contribution < 1.29 is 4.21 Å². The lowest BCUT2D eigenvalue weighted by Gasteiger charge is -2.36. The van der Waals surface area contributed by atoms with Gasteiger partial charge in [-0.05, 0) is 30.6 Å². The molecule has 0 aromatic rings. The highest BCUT2D eigenvalue weighted by Crippen LogP contribution is 2.67. The van der Waals surface area contributed by atoms with Crippen LogP contribution in [-0.4, -0.2) is 16.0 Å². The highest BCUT2D eigenvalue weighted by atomic mass is 32.2. The van der Waals surface area contributed by atoms with Crippen LogP contribution in [0.25, 0.3) is 0 Å². The van der Waals surface area contributed by atoms with Gasteiger partial charge in [-0.2, -0.15) is 0 Å². The van der Waals surface area contributed by atoms with Gasteiger partial charge in [0.15, 0.2) is 0 Å². The van der Waals surface area contributed by atoms with Gasteiger partial charge in [0.2, 0.25) is 0 Å². The molecule has 0 aromatic heterocycles. The number of fused-ring (bicyclic) bond motifs is 1. The van der Waals surface area contributed by atoms with E-state index in [-0.39, 0.29) is 0 Å². The van der Waals surface area contributed by atoms with Crippen LogP contribution in [0.2, 0.25) is 0 Å². The van der Waals surface area contributed by atoms with E-state index in [0.29, 0.717) is 16.9 Å². The third kappa shape index (κ3) is 0.769. The maximum Gasteiger partial charge on any atom is 0.0924 e. The summed E-state index contributed by atoms with van der Waals surface area (Å²) < 4.78 is 14.8. The van der Waals surface area contributed by atoms with Crippen LogP contribution in [0.15, 0.2) is 0 Å². The van der Waals surface area contributed by atoms with Crippen molar-refractivity contribution in [3.63, 3.8) is 0 Å². The van der Waals surface area contributed by atoms with Crippen LogP contribution >= 0.6 is 0 Å². The molecule has 1 heterocycles. The van der Waals surface area contributed by atoms with Crippen LogP contribution in [0, 0.1) is 16.7 Å². The normalized spacial score (nSPS) is 56.9. The van der Waals surface area contributed by atoms with E-state index < -0.39 is 11.0 Å². The molecule has 1 saturated heterocycles. The van der Waals surface area contributed by atoms with E-state index in [2.05, 4.69) is 18.6 Å². The topological polar surface area (TPSA) is 29.1 Å². The zero-order valence-electron chi connectivity index (χ0n) is 8.30. The second-order valence-electron chi connectivity index (χ2n) is 5.51. The molecule has 4 atom stereocenters. The Bertz CT molecular complexity index is 289. The number of rotatable bonds is 0. The highest BCUT2D eigenvalue weighted by molar-refractivity contribution is 7.83. The maximum atomic E-state index is 11.5. The average molecular weight is 199 g/mol. The number of hydrogen-bond donors (Lipinski definition) is 1. The Hall–Kier alpha value is 0.110. The Morgan fingerprint density at radius 2 is 2.23 bits per heavy atom. The van der Waals surface area contributed by atoms with E-state index in [4.69, 9.17) is 0 Å². The van der Waals surface area contributed by atoms with Gasteiger partial charge in [-0.1, -0.05) is 13.8 Å². The fourth-order valence-electron chi connectivity index (χ4n) is 4.02. The molecular weight excluding hydrogens is 182 g/mol. The Morgan fingerprint density at radius 3 is 2.85 bits per heavy atom. The molecule has 1 N–H and O–H groups in total. The van der Waals surface area contributed by atoms with Gasteiger partial charge in [0, 0.05) is 17.2 Å². The van der Waals surface area contributed by atoms with E-state index in [9.17, 15) is 4.21 Å². The van der Waals surface area contributed by atoms with Crippen LogP contribution in [0.1, 0.15) is 33.1 Å². The smallest absolute Gasteiger partial charge is 0.0924 e. The van der Waals surface area contributed by atoms with Gasteiger partial charge in [-0.25, -0.2) is 8.93 Å². The Morgan fingerprint density at radius 1 is 1.46 bits per heavy atom. The molecule has 2 aliphatic carbocycles. The summed E-state index contributed by atoms with van der Waals surface area (Å²) in [6.07, 6.45) is 3.93. The van der Waals surface area contributed by atoms with Gasteiger partial charge in [-0.3, -0.25) is 0 Å². The first-order valence-electron chi connectivity index (χ1n) is 5.21. The maximum absolute atomic E-state index is 11.5. The van der Waals surface area contributed by atoms with E-state index in [1.165, 1.54) is 19.3 Å². The minimum absolute atomic E-state index is 0.378. The predicted molar refractivity (Wildman–Crippen MR) is 53.5 cm³/mol. The van der Waals surface area contributed by atoms with Crippen molar-refractivity contribution in [3.8, 4) is 0 Å². The Kier molecular flexibility index (Phi) is 1.42. The molecule has 0 radical (unpaired) electrons. The standard InChI is InChI=1S/C10H17NOS/c1-9(2)7-3-4-10(9)6-13(12)11-8(10)5-7/h7-8,11H,3-6H2,1-2H3/t7-,8-,10-,13?/m1/s1. The van der Waals surface area contributed by atoms with E-state index in [1.54, 1.807) is 0 Å². The molecule has 13 heavy (non-hydrogen) atoms. The molecule has 0 amide bonds. The fourth-order valence-corrected chi connectivity index (χ4v) is 5.93. The van der Waals surface area contributed by atoms with Crippen LogP contribution in [-0.2, 0) is 11.0 Å². The van der Waals surface area contributed by atoms with Crippen molar-refractivity contribution >= 4 is 11.0 Å². The molecule has 3 fully saturated rings. The first-order valence-corrected chi connectivity index (χ1v) is 6.53. The molecule has 3 heteroatoms. The number of nitrogens with one attached hydrogen (secondary N) is 1. The van der Waals surface area contributed by atoms with Gasteiger partial charge in [0.05, 0.1) is 11.0 Å². The molecule has 1 spiro atoms. The lowest BCUT2D eigenvalue weighted by atomic mass is 9.69. The summed E-state index contributed by atoms with van der Waals surface area (Å²) in [6, 6.07) is 0.557. The third-order valence-electron chi connectivity index (χ3n) is 5.09. The minimum atomic E-state index is -0.741. The predicted octanol–water partition coefficient (Wildman–Crippen LogP) is 1.45. The summed E-state index contributed by atoms with van der Waals surface area (Å²) in [5, 5.41) is 0. The largest absolute Gasteiger partial charge is 0.243 e. The number of hydrogen-bond acceptors (Lipinski definition) is 1. The van der Waals surface area contributed by atoms with Crippen LogP contribution in [0.4, 0.5) is 0 Å². The van der Waals surface area contributed by atoms with Crippen molar-refractivity contribution in [1.29, 1.82) is 0 Å². The van der Waals surface area contributed by atoms with Gasteiger partial charge in [0.1, 0.15) is 0 Å². The molecule has 74 valence electrons. The van der Waals surface area contributed by atoms with Crippen molar-refractivity contribution in [2.24, 2.45) is 16.7 Å². The van der Waals surface area contributed by atoms with Gasteiger partial charge < -0.3 is 0 Å². The lowest BCUT2D eigenvalue weighted by molar-refractivity contribution is 0.146. The van der Waals surface area contributed by atoms with Crippen molar-refractivity contribution in [2.45, 2.75) is 39.2 Å². The van der Waals surface area contributed by atoms with Crippen LogP contribution in [0.5, 0.6) is 0 Å². The summed E-state index contributed by atoms with van der Waals surface area (Å²) in [6.45, 7) is 4.77. The molecule has 2 saturated carbocycles. The fraction of sp³-hybridized carbons (Fsp3) is 1.00. The van der Waals surface area contributed by atoms with Crippen molar-refractivity contribution in [1.82, 2.24) is 4.72 Å². The Labute approximate surface area is 82.1 Å². The second kappa shape index (κ2) is 2.19. The van der Waals surface area contributed by atoms with Crippen LogP contribution in [0.3, 0.4) is 0 Å². The van der Waals surface area contributed by atoms with Crippen molar-refractivity contribution in [3.05, 3.63) is 0 Å². The molecule has 0 aromatic carbocycles. The van der Waals surface area contributed by atoms with E-state index >= 15 is 0 Å². The monoisotopic (exact) mass is 199 g/mol. The quantitative estimate of drug-likeness (QED) is 0.628. The van der Waals surface area contributed by atoms with Crippen LogP contribution < -0.4 is 4.72 Å². The second-order valence-corrected chi connectivity index (χ2v) is 6.72. The molecule has 1 unspecified atom stereocenters.